The van der Waals surface area contributed by atoms with Crippen molar-refractivity contribution >= 4 is 0 Å². The summed E-state index contributed by atoms with van der Waals surface area (Å²) >= 11 is 0. The van der Waals surface area contributed by atoms with Gasteiger partial charge in [-0.05, 0) is 43.9 Å². The van der Waals surface area contributed by atoms with Crippen molar-refractivity contribution in [3.63, 3.8) is 0 Å². The van der Waals surface area contributed by atoms with Crippen molar-refractivity contribution in [2.24, 2.45) is 17.6 Å². The van der Waals surface area contributed by atoms with Gasteiger partial charge in [0.05, 0.1) is 5.92 Å². The summed E-state index contributed by atoms with van der Waals surface area (Å²) in [5.41, 5.74) is 5.80. The molecular formula is C16H29N3O. The van der Waals surface area contributed by atoms with Crippen LogP contribution < -0.4 is 5.73 Å². The molecule has 1 aromatic heterocycles. The minimum absolute atomic E-state index is 0.230. The van der Waals surface area contributed by atoms with Gasteiger partial charge >= 0.3 is 0 Å². The number of aromatic nitrogens is 2. The molecule has 0 bridgehead atoms. The van der Waals surface area contributed by atoms with Crippen LogP contribution >= 0.6 is 0 Å². The third kappa shape index (κ3) is 3.60. The summed E-state index contributed by atoms with van der Waals surface area (Å²) in [6.07, 6.45) is 7.10. The second-order valence-electron chi connectivity index (χ2n) is 6.57. The van der Waals surface area contributed by atoms with E-state index in [4.69, 9.17) is 10.3 Å². The first-order valence-electron chi connectivity index (χ1n) is 8.19. The molecule has 1 aliphatic carbocycles. The molecule has 4 heteroatoms. The maximum Gasteiger partial charge on any atom is 0.231 e. The van der Waals surface area contributed by atoms with Gasteiger partial charge in [0.25, 0.3) is 0 Å². The van der Waals surface area contributed by atoms with Crippen molar-refractivity contribution in [2.45, 2.75) is 71.1 Å². The molecule has 114 valence electrons. The van der Waals surface area contributed by atoms with Crippen LogP contribution in [0, 0.1) is 11.8 Å². The van der Waals surface area contributed by atoms with Crippen LogP contribution in [0.25, 0.3) is 0 Å². The minimum Gasteiger partial charge on any atom is -0.339 e. The number of nitrogens with two attached hydrogens (primary N) is 1. The summed E-state index contributed by atoms with van der Waals surface area (Å²) in [4.78, 5) is 4.64. The standard InChI is InChI=1S/C16H29N3O/c1-4-5-14(10-17)16-18-15(19-20-16)13-8-6-12(7-9-13)11(2)3/h11-14H,4-10,17H2,1-3H3. The molecule has 0 radical (unpaired) electrons. The highest BCUT2D eigenvalue weighted by Gasteiger charge is 2.28. The molecular weight excluding hydrogens is 250 g/mol. The lowest BCUT2D eigenvalue weighted by atomic mass is 9.77. The number of nitrogens with zero attached hydrogens (tertiary/aromatic N) is 2. The molecule has 2 N–H and O–H groups in total. The van der Waals surface area contributed by atoms with Crippen molar-refractivity contribution in [1.29, 1.82) is 0 Å². The van der Waals surface area contributed by atoms with Crippen LogP contribution in [0.2, 0.25) is 0 Å². The van der Waals surface area contributed by atoms with Crippen molar-refractivity contribution in [1.82, 2.24) is 10.1 Å². The highest BCUT2D eigenvalue weighted by molar-refractivity contribution is 5.01. The van der Waals surface area contributed by atoms with Crippen molar-refractivity contribution in [2.75, 3.05) is 6.54 Å². The van der Waals surface area contributed by atoms with Gasteiger partial charge in [0, 0.05) is 12.5 Å². The van der Waals surface area contributed by atoms with Gasteiger partial charge in [-0.3, -0.25) is 0 Å². The molecule has 1 aliphatic rings. The predicted molar refractivity (Wildman–Crippen MR) is 80.5 cm³/mol. The minimum atomic E-state index is 0.230. The maximum absolute atomic E-state index is 5.80. The van der Waals surface area contributed by atoms with Gasteiger partial charge in [0.1, 0.15) is 0 Å². The monoisotopic (exact) mass is 279 g/mol. The molecule has 1 fully saturated rings. The van der Waals surface area contributed by atoms with Gasteiger partial charge in [-0.15, -0.1) is 0 Å². The van der Waals surface area contributed by atoms with Crippen LogP contribution in [0.3, 0.4) is 0 Å². The smallest absolute Gasteiger partial charge is 0.231 e. The predicted octanol–water partition coefficient (Wildman–Crippen LogP) is 3.84. The van der Waals surface area contributed by atoms with E-state index in [-0.39, 0.29) is 5.92 Å². The van der Waals surface area contributed by atoms with E-state index >= 15 is 0 Å². The Labute approximate surface area is 122 Å². The molecule has 1 unspecified atom stereocenters. The summed E-state index contributed by atoms with van der Waals surface area (Å²) in [5, 5.41) is 4.22. The zero-order valence-corrected chi connectivity index (χ0v) is 13.1. The van der Waals surface area contributed by atoms with E-state index in [9.17, 15) is 0 Å². The molecule has 1 atom stereocenters. The Morgan fingerprint density at radius 3 is 2.50 bits per heavy atom. The SMILES string of the molecule is CCCC(CN)c1nc(C2CCC(C(C)C)CC2)no1. The van der Waals surface area contributed by atoms with Crippen LogP contribution in [0.5, 0.6) is 0 Å². The zero-order valence-electron chi connectivity index (χ0n) is 13.1. The Balaban J connectivity index is 1.96. The largest absolute Gasteiger partial charge is 0.339 e. The Bertz CT molecular complexity index is 394. The van der Waals surface area contributed by atoms with E-state index in [0.29, 0.717) is 12.5 Å². The van der Waals surface area contributed by atoms with Gasteiger partial charge in [0.2, 0.25) is 5.89 Å². The average Bonchev–Trinajstić information content (AvgIpc) is 2.94. The topological polar surface area (TPSA) is 64.9 Å². The average molecular weight is 279 g/mol. The molecule has 0 saturated heterocycles. The van der Waals surface area contributed by atoms with Crippen LogP contribution in [0.15, 0.2) is 4.52 Å². The first-order valence-corrected chi connectivity index (χ1v) is 8.19. The van der Waals surface area contributed by atoms with Gasteiger partial charge in [-0.25, -0.2) is 0 Å². The van der Waals surface area contributed by atoms with Crippen LogP contribution in [0.4, 0.5) is 0 Å². The second-order valence-corrected chi connectivity index (χ2v) is 6.57. The fourth-order valence-electron chi connectivity index (χ4n) is 3.31. The van der Waals surface area contributed by atoms with E-state index in [1.807, 2.05) is 0 Å². The van der Waals surface area contributed by atoms with Crippen molar-refractivity contribution in [3.8, 4) is 0 Å². The fourth-order valence-corrected chi connectivity index (χ4v) is 3.31. The van der Waals surface area contributed by atoms with E-state index in [1.165, 1.54) is 25.7 Å². The molecule has 20 heavy (non-hydrogen) atoms. The zero-order chi connectivity index (χ0) is 14.5. The number of hydrogen-bond donors (Lipinski definition) is 1. The summed E-state index contributed by atoms with van der Waals surface area (Å²) in [5.74, 6) is 4.04. The van der Waals surface area contributed by atoms with Gasteiger partial charge < -0.3 is 10.3 Å². The summed E-state index contributed by atoms with van der Waals surface area (Å²) in [7, 11) is 0. The molecule has 2 rings (SSSR count). The maximum atomic E-state index is 5.80. The summed E-state index contributed by atoms with van der Waals surface area (Å²) < 4.78 is 5.46. The quantitative estimate of drug-likeness (QED) is 0.859. The lowest BCUT2D eigenvalue weighted by Crippen LogP contribution is -2.18. The summed E-state index contributed by atoms with van der Waals surface area (Å²) in [6.45, 7) is 7.41. The Hall–Kier alpha value is -0.900. The summed E-state index contributed by atoms with van der Waals surface area (Å²) in [6, 6.07) is 0. The number of rotatable bonds is 6. The van der Waals surface area contributed by atoms with E-state index in [0.717, 1.165) is 36.4 Å². The van der Waals surface area contributed by atoms with Crippen LogP contribution in [0.1, 0.15) is 82.8 Å². The molecule has 0 spiro atoms. The molecule has 4 nitrogen and oxygen atoms in total. The van der Waals surface area contributed by atoms with E-state index < -0.39 is 0 Å². The first-order chi connectivity index (χ1) is 9.65. The second kappa shape index (κ2) is 7.21. The van der Waals surface area contributed by atoms with Crippen LogP contribution in [-0.2, 0) is 0 Å². The van der Waals surface area contributed by atoms with Crippen molar-refractivity contribution in [3.05, 3.63) is 11.7 Å². The normalized spacial score (nSPS) is 25.1. The van der Waals surface area contributed by atoms with Gasteiger partial charge in [0.15, 0.2) is 5.82 Å². The van der Waals surface area contributed by atoms with Crippen LogP contribution in [-0.4, -0.2) is 16.7 Å². The molecule has 0 amide bonds. The number of hydrogen-bond acceptors (Lipinski definition) is 4. The molecule has 1 heterocycles. The van der Waals surface area contributed by atoms with Crippen molar-refractivity contribution < 1.29 is 4.52 Å². The Morgan fingerprint density at radius 1 is 1.25 bits per heavy atom. The lowest BCUT2D eigenvalue weighted by Gasteiger charge is -2.29. The highest BCUT2D eigenvalue weighted by Crippen LogP contribution is 2.37. The molecule has 1 aromatic rings. The lowest BCUT2D eigenvalue weighted by molar-refractivity contribution is 0.251. The molecule has 0 aromatic carbocycles. The third-order valence-electron chi connectivity index (χ3n) is 4.81. The van der Waals surface area contributed by atoms with E-state index in [1.54, 1.807) is 0 Å². The molecule has 1 saturated carbocycles. The fraction of sp³-hybridized carbons (Fsp3) is 0.875. The highest BCUT2D eigenvalue weighted by atomic mass is 16.5. The van der Waals surface area contributed by atoms with Gasteiger partial charge in [-0.1, -0.05) is 32.3 Å². The Morgan fingerprint density at radius 2 is 1.95 bits per heavy atom. The Kier molecular flexibility index (Phi) is 5.58. The third-order valence-corrected chi connectivity index (χ3v) is 4.81. The van der Waals surface area contributed by atoms with E-state index in [2.05, 4.69) is 30.9 Å². The first kappa shape index (κ1) is 15.5. The van der Waals surface area contributed by atoms with Gasteiger partial charge in [-0.2, -0.15) is 4.98 Å². The molecule has 0 aliphatic heterocycles.